The Hall–Kier alpha value is -3.92. The third-order valence-corrected chi connectivity index (χ3v) is 3.83. The number of anilines is 3. The minimum Gasteiger partial charge on any atom is -0.489 e. The van der Waals surface area contributed by atoms with Crippen LogP contribution in [0.3, 0.4) is 0 Å². The van der Waals surface area contributed by atoms with E-state index in [-0.39, 0.29) is 17.7 Å². The predicted octanol–water partition coefficient (Wildman–Crippen LogP) is 4.44. The summed E-state index contributed by atoms with van der Waals surface area (Å²) in [5.74, 6) is 1.24. The number of aryl methyl sites for hydroxylation is 1. The number of rotatable bonds is 6. The van der Waals surface area contributed by atoms with Crippen molar-refractivity contribution < 1.29 is 9.53 Å². The van der Waals surface area contributed by atoms with Crippen LogP contribution < -0.4 is 15.4 Å². The second kappa shape index (κ2) is 8.85. The van der Waals surface area contributed by atoms with Crippen LogP contribution in [0.1, 0.15) is 35.7 Å². The van der Waals surface area contributed by atoms with E-state index >= 15 is 0 Å². The van der Waals surface area contributed by atoms with E-state index in [1.54, 1.807) is 37.3 Å². The number of hydrogen-bond acceptors (Lipinski definition) is 6. The Morgan fingerprint density at radius 3 is 2.66 bits per heavy atom. The van der Waals surface area contributed by atoms with Gasteiger partial charge in [0.1, 0.15) is 23.1 Å². The maximum atomic E-state index is 12.6. The van der Waals surface area contributed by atoms with Crippen LogP contribution in [0.15, 0.2) is 54.6 Å². The number of carbonyl (C=O) groups is 1. The number of ether oxygens (including phenoxy) is 1. The second-order valence-corrected chi connectivity index (χ2v) is 6.62. The molecular formula is C22H21N5O2. The second-order valence-electron chi connectivity index (χ2n) is 6.62. The third-order valence-electron chi connectivity index (χ3n) is 3.83. The van der Waals surface area contributed by atoms with E-state index in [0.29, 0.717) is 28.6 Å². The lowest BCUT2D eigenvalue weighted by atomic mass is 10.2. The molecule has 7 heteroatoms. The Balaban J connectivity index is 1.83. The molecule has 2 N–H and O–H groups in total. The van der Waals surface area contributed by atoms with Gasteiger partial charge in [-0.05, 0) is 51.1 Å². The van der Waals surface area contributed by atoms with Gasteiger partial charge >= 0.3 is 0 Å². The molecule has 0 aliphatic rings. The van der Waals surface area contributed by atoms with E-state index in [9.17, 15) is 4.79 Å². The van der Waals surface area contributed by atoms with E-state index in [1.807, 2.05) is 44.2 Å². The standard InChI is InChI=1S/C22H21N5O2/c1-14(2)29-20-10-5-4-9-18(20)27-21-12-19(24-15(3)25-21)22(28)26-17-8-6-7-16(11-17)13-23/h4-12,14H,1-3H3,(H,26,28)(H,24,25,27). The van der Waals surface area contributed by atoms with Crippen molar-refractivity contribution in [2.24, 2.45) is 0 Å². The van der Waals surface area contributed by atoms with Crippen molar-refractivity contribution >= 4 is 23.1 Å². The zero-order valence-corrected chi connectivity index (χ0v) is 16.4. The van der Waals surface area contributed by atoms with E-state index in [1.165, 1.54) is 0 Å². The zero-order chi connectivity index (χ0) is 20.8. The summed E-state index contributed by atoms with van der Waals surface area (Å²) in [6.45, 7) is 5.62. The van der Waals surface area contributed by atoms with E-state index in [0.717, 1.165) is 5.69 Å². The van der Waals surface area contributed by atoms with Gasteiger partial charge in [0, 0.05) is 11.8 Å². The molecule has 3 rings (SSSR count). The molecule has 3 aromatic rings. The molecular weight excluding hydrogens is 366 g/mol. The number of hydrogen-bond donors (Lipinski definition) is 2. The predicted molar refractivity (Wildman–Crippen MR) is 111 cm³/mol. The van der Waals surface area contributed by atoms with Gasteiger partial charge in [-0.3, -0.25) is 4.79 Å². The first kappa shape index (κ1) is 19.8. The molecule has 1 amide bonds. The summed E-state index contributed by atoms with van der Waals surface area (Å²) in [5, 5.41) is 15.0. The first-order valence-corrected chi connectivity index (χ1v) is 9.14. The van der Waals surface area contributed by atoms with Crippen LogP contribution in [0.5, 0.6) is 5.75 Å². The number of carbonyl (C=O) groups excluding carboxylic acids is 1. The highest BCUT2D eigenvalue weighted by Gasteiger charge is 2.13. The van der Waals surface area contributed by atoms with Crippen molar-refractivity contribution in [1.82, 2.24) is 9.97 Å². The quantitative estimate of drug-likeness (QED) is 0.649. The maximum absolute atomic E-state index is 12.6. The van der Waals surface area contributed by atoms with Crippen molar-refractivity contribution in [3.63, 3.8) is 0 Å². The zero-order valence-electron chi connectivity index (χ0n) is 16.4. The summed E-state index contributed by atoms with van der Waals surface area (Å²) in [5.41, 5.74) is 1.94. The number of nitrogens with one attached hydrogen (secondary N) is 2. The topological polar surface area (TPSA) is 99.9 Å². The Morgan fingerprint density at radius 1 is 1.10 bits per heavy atom. The van der Waals surface area contributed by atoms with Gasteiger partial charge in [-0.15, -0.1) is 0 Å². The fourth-order valence-corrected chi connectivity index (χ4v) is 2.67. The van der Waals surface area contributed by atoms with Crippen LogP contribution in [0.25, 0.3) is 0 Å². The first-order chi connectivity index (χ1) is 13.9. The molecule has 0 bridgehead atoms. The summed E-state index contributed by atoms with van der Waals surface area (Å²) in [7, 11) is 0. The molecule has 0 aliphatic carbocycles. The van der Waals surface area contributed by atoms with Gasteiger partial charge in [-0.2, -0.15) is 5.26 Å². The van der Waals surface area contributed by atoms with Crippen molar-refractivity contribution in [2.75, 3.05) is 10.6 Å². The number of amides is 1. The summed E-state index contributed by atoms with van der Waals surface area (Å²) in [6, 6.07) is 17.8. The maximum Gasteiger partial charge on any atom is 0.274 e. The average molecular weight is 387 g/mol. The van der Waals surface area contributed by atoms with Gasteiger partial charge < -0.3 is 15.4 Å². The highest BCUT2D eigenvalue weighted by molar-refractivity contribution is 6.03. The van der Waals surface area contributed by atoms with Crippen LogP contribution in [-0.2, 0) is 0 Å². The Labute approximate surface area is 169 Å². The lowest BCUT2D eigenvalue weighted by molar-refractivity contribution is 0.102. The number of benzene rings is 2. The molecule has 0 fully saturated rings. The summed E-state index contributed by atoms with van der Waals surface area (Å²) < 4.78 is 5.81. The number of nitrogens with zero attached hydrogens (tertiary/aromatic N) is 3. The highest BCUT2D eigenvalue weighted by atomic mass is 16.5. The molecule has 0 saturated carbocycles. The number of para-hydroxylation sites is 2. The molecule has 1 heterocycles. The van der Waals surface area contributed by atoms with Gasteiger partial charge in [0.15, 0.2) is 0 Å². The van der Waals surface area contributed by atoms with Crippen LogP contribution in [0, 0.1) is 18.3 Å². The summed E-state index contributed by atoms with van der Waals surface area (Å²) >= 11 is 0. The monoisotopic (exact) mass is 387 g/mol. The van der Waals surface area contributed by atoms with Crippen molar-refractivity contribution in [3.05, 3.63) is 71.7 Å². The molecule has 146 valence electrons. The highest BCUT2D eigenvalue weighted by Crippen LogP contribution is 2.28. The van der Waals surface area contributed by atoms with Crippen LogP contribution in [0.4, 0.5) is 17.2 Å². The minimum atomic E-state index is -0.389. The molecule has 0 saturated heterocycles. The van der Waals surface area contributed by atoms with Crippen molar-refractivity contribution in [3.8, 4) is 11.8 Å². The van der Waals surface area contributed by atoms with Crippen molar-refractivity contribution in [1.29, 1.82) is 5.26 Å². The summed E-state index contributed by atoms with van der Waals surface area (Å²) in [6.07, 6.45) is 0.0237. The molecule has 0 radical (unpaired) electrons. The SMILES string of the molecule is Cc1nc(Nc2ccccc2OC(C)C)cc(C(=O)Nc2cccc(C#N)c2)n1. The fraction of sp³-hybridized carbons (Fsp3) is 0.182. The molecule has 7 nitrogen and oxygen atoms in total. The lowest BCUT2D eigenvalue weighted by Gasteiger charge is -2.15. The van der Waals surface area contributed by atoms with E-state index < -0.39 is 0 Å². The number of aromatic nitrogens is 2. The largest absolute Gasteiger partial charge is 0.489 e. The molecule has 0 aliphatic heterocycles. The smallest absolute Gasteiger partial charge is 0.274 e. The van der Waals surface area contributed by atoms with E-state index in [4.69, 9.17) is 10.00 Å². The molecule has 29 heavy (non-hydrogen) atoms. The van der Waals surface area contributed by atoms with Gasteiger partial charge in [-0.25, -0.2) is 9.97 Å². The van der Waals surface area contributed by atoms with Gasteiger partial charge in [-0.1, -0.05) is 18.2 Å². The summed E-state index contributed by atoms with van der Waals surface area (Å²) in [4.78, 5) is 21.2. The molecule has 1 aromatic heterocycles. The van der Waals surface area contributed by atoms with Crippen molar-refractivity contribution in [2.45, 2.75) is 26.9 Å². The normalized spacial score (nSPS) is 10.3. The molecule has 2 aromatic carbocycles. The van der Waals surface area contributed by atoms with Gasteiger partial charge in [0.2, 0.25) is 0 Å². The van der Waals surface area contributed by atoms with E-state index in [2.05, 4.69) is 20.6 Å². The van der Waals surface area contributed by atoms with Gasteiger partial charge in [0.05, 0.1) is 23.4 Å². The molecule has 0 atom stereocenters. The van der Waals surface area contributed by atoms with Crippen LogP contribution in [0.2, 0.25) is 0 Å². The molecule has 0 unspecified atom stereocenters. The average Bonchev–Trinajstić information content (AvgIpc) is 2.69. The lowest BCUT2D eigenvalue weighted by Crippen LogP contribution is -2.15. The fourth-order valence-electron chi connectivity index (χ4n) is 2.67. The minimum absolute atomic E-state index is 0.0237. The van der Waals surface area contributed by atoms with Crippen LogP contribution >= 0.6 is 0 Å². The Morgan fingerprint density at radius 2 is 1.90 bits per heavy atom. The Kier molecular flexibility index (Phi) is 6.05. The third kappa shape index (κ3) is 5.30. The van der Waals surface area contributed by atoms with Crippen LogP contribution in [-0.4, -0.2) is 22.0 Å². The van der Waals surface area contributed by atoms with Gasteiger partial charge in [0.25, 0.3) is 5.91 Å². The molecule has 0 spiro atoms. The Bertz CT molecular complexity index is 1070. The number of nitriles is 1. The first-order valence-electron chi connectivity index (χ1n) is 9.14.